The van der Waals surface area contributed by atoms with E-state index in [0.717, 1.165) is 16.5 Å². The molecule has 0 unspecified atom stereocenters. The maximum atomic E-state index is 13.1. The van der Waals surface area contributed by atoms with Crippen molar-refractivity contribution in [2.75, 3.05) is 18.6 Å². The molecule has 0 spiro atoms. The fraction of sp³-hybridized carbons (Fsp3) is 0.208. The fourth-order valence-electron chi connectivity index (χ4n) is 3.94. The van der Waals surface area contributed by atoms with Crippen molar-refractivity contribution in [1.29, 1.82) is 0 Å². The predicted octanol–water partition coefficient (Wildman–Crippen LogP) is 2.58. The topological polar surface area (TPSA) is 81.4 Å². The van der Waals surface area contributed by atoms with Gasteiger partial charge in [0.2, 0.25) is 0 Å². The van der Waals surface area contributed by atoms with Crippen LogP contribution in [0.15, 0.2) is 67.1 Å². The van der Waals surface area contributed by atoms with Gasteiger partial charge in [-0.2, -0.15) is 5.10 Å². The number of carbonyl (C=O) groups excluding carboxylic acids is 2. The van der Waals surface area contributed by atoms with E-state index in [9.17, 15) is 9.59 Å². The van der Waals surface area contributed by atoms with E-state index in [-0.39, 0.29) is 18.4 Å². The molecule has 4 aromatic rings. The number of likely N-dealkylation sites (N-methyl/N-ethyl adjacent to an activating group) is 1. The molecule has 32 heavy (non-hydrogen) atoms. The Labute approximate surface area is 185 Å². The summed E-state index contributed by atoms with van der Waals surface area (Å²) in [5, 5.41) is 8.09. The number of anilines is 1. The molecule has 1 atom stereocenters. The fourth-order valence-corrected chi connectivity index (χ4v) is 3.94. The number of hydrogen-bond donors (Lipinski definition) is 1. The van der Waals surface area contributed by atoms with E-state index in [1.54, 1.807) is 22.8 Å². The number of nitrogens with zero attached hydrogens (tertiary/aromatic N) is 4. The lowest BCUT2D eigenvalue weighted by molar-refractivity contribution is -0.120. The van der Waals surface area contributed by atoms with Gasteiger partial charge in [-0.25, -0.2) is 0 Å². The van der Waals surface area contributed by atoms with Gasteiger partial charge in [0.15, 0.2) is 0 Å². The molecule has 0 saturated heterocycles. The molecule has 0 saturated carbocycles. The van der Waals surface area contributed by atoms with Crippen LogP contribution in [0.4, 0.5) is 5.69 Å². The Balaban J connectivity index is 1.32. The highest BCUT2D eigenvalue weighted by Crippen LogP contribution is 2.35. The lowest BCUT2D eigenvalue weighted by Crippen LogP contribution is -2.49. The first-order valence-electron chi connectivity index (χ1n) is 10.4. The standard InChI is InChI=1S/C24H23N5O3/c1-27-9-8-17-10-21-22(11-20(17)27)32-15-19(24(31)28(21)2)26-23(30)18-12-25-29(14-18)13-16-6-4-3-5-7-16/h3-12,14,19H,13,15H2,1-2H3,(H,26,30)/t19-/m1/s1. The number of benzene rings is 2. The van der Waals surface area contributed by atoms with Gasteiger partial charge in [-0.1, -0.05) is 30.3 Å². The molecule has 8 nitrogen and oxygen atoms in total. The molecular formula is C24H23N5O3. The van der Waals surface area contributed by atoms with Crippen molar-refractivity contribution in [2.24, 2.45) is 7.05 Å². The molecule has 1 N–H and O–H groups in total. The van der Waals surface area contributed by atoms with Crippen LogP contribution in [0.25, 0.3) is 10.9 Å². The van der Waals surface area contributed by atoms with E-state index in [2.05, 4.69) is 10.4 Å². The lowest BCUT2D eigenvalue weighted by Gasteiger charge is -2.20. The first-order chi connectivity index (χ1) is 15.5. The quantitative estimate of drug-likeness (QED) is 0.541. The molecule has 0 bridgehead atoms. The summed E-state index contributed by atoms with van der Waals surface area (Å²) < 4.78 is 9.64. The Morgan fingerprint density at radius 2 is 2.00 bits per heavy atom. The number of hydrogen-bond acceptors (Lipinski definition) is 4. The molecule has 0 radical (unpaired) electrons. The molecule has 1 aliphatic heterocycles. The first kappa shape index (κ1) is 19.9. The van der Waals surface area contributed by atoms with Gasteiger partial charge in [0.1, 0.15) is 18.4 Å². The smallest absolute Gasteiger partial charge is 0.255 e. The van der Waals surface area contributed by atoms with Crippen molar-refractivity contribution in [2.45, 2.75) is 12.6 Å². The summed E-state index contributed by atoms with van der Waals surface area (Å²) in [4.78, 5) is 27.4. The third-order valence-electron chi connectivity index (χ3n) is 5.75. The second-order valence-electron chi connectivity index (χ2n) is 7.95. The first-order valence-corrected chi connectivity index (χ1v) is 10.4. The monoisotopic (exact) mass is 429 g/mol. The molecule has 2 aromatic heterocycles. The van der Waals surface area contributed by atoms with Crippen LogP contribution in [0.3, 0.4) is 0 Å². The van der Waals surface area contributed by atoms with Gasteiger partial charge in [-0.3, -0.25) is 14.3 Å². The van der Waals surface area contributed by atoms with Crippen molar-refractivity contribution in [3.8, 4) is 5.75 Å². The maximum absolute atomic E-state index is 13.1. The molecule has 162 valence electrons. The molecule has 8 heteroatoms. The van der Waals surface area contributed by atoms with Gasteiger partial charge in [-0.05, 0) is 17.7 Å². The minimum absolute atomic E-state index is 0.0516. The van der Waals surface area contributed by atoms with Gasteiger partial charge >= 0.3 is 0 Å². The minimum atomic E-state index is -0.805. The maximum Gasteiger partial charge on any atom is 0.255 e. The van der Waals surface area contributed by atoms with Crippen LogP contribution in [-0.4, -0.2) is 45.9 Å². The lowest BCUT2D eigenvalue weighted by atomic mass is 10.2. The van der Waals surface area contributed by atoms with Crippen molar-refractivity contribution in [3.63, 3.8) is 0 Å². The molecule has 0 fully saturated rings. The SMILES string of the molecule is CN1C(=O)[C@H](NC(=O)c2cnn(Cc3ccccc3)c2)COc2cc3c(ccn3C)cc21. The zero-order valence-electron chi connectivity index (χ0n) is 17.9. The van der Waals surface area contributed by atoms with Crippen molar-refractivity contribution in [1.82, 2.24) is 19.7 Å². The minimum Gasteiger partial charge on any atom is -0.489 e. The number of ether oxygens (including phenoxy) is 1. The molecule has 0 aliphatic carbocycles. The number of fused-ring (bicyclic) bond motifs is 2. The summed E-state index contributed by atoms with van der Waals surface area (Å²) >= 11 is 0. The average Bonchev–Trinajstić information content (AvgIpc) is 3.39. The summed E-state index contributed by atoms with van der Waals surface area (Å²) in [5.41, 5.74) is 3.17. The third kappa shape index (κ3) is 3.60. The Morgan fingerprint density at radius 3 is 2.81 bits per heavy atom. The Morgan fingerprint density at radius 1 is 1.19 bits per heavy atom. The van der Waals surface area contributed by atoms with Gasteiger partial charge in [0, 0.05) is 37.9 Å². The van der Waals surface area contributed by atoms with Gasteiger partial charge in [0.05, 0.1) is 29.5 Å². The third-order valence-corrected chi connectivity index (χ3v) is 5.75. The number of aromatic nitrogens is 3. The summed E-state index contributed by atoms with van der Waals surface area (Å²) in [6.07, 6.45) is 5.15. The summed E-state index contributed by atoms with van der Waals surface area (Å²) in [7, 11) is 3.66. The van der Waals surface area contributed by atoms with E-state index in [4.69, 9.17) is 4.74 Å². The molecule has 2 aromatic carbocycles. The zero-order valence-corrected chi connectivity index (χ0v) is 17.9. The van der Waals surface area contributed by atoms with E-state index in [1.807, 2.05) is 66.3 Å². The van der Waals surface area contributed by atoms with Crippen LogP contribution < -0.4 is 15.0 Å². The largest absolute Gasteiger partial charge is 0.489 e. The van der Waals surface area contributed by atoms with E-state index < -0.39 is 6.04 Å². The van der Waals surface area contributed by atoms with E-state index >= 15 is 0 Å². The number of carbonyl (C=O) groups is 2. The molecule has 5 rings (SSSR count). The van der Waals surface area contributed by atoms with Crippen LogP contribution in [-0.2, 0) is 18.4 Å². The van der Waals surface area contributed by atoms with E-state index in [1.165, 1.54) is 6.20 Å². The van der Waals surface area contributed by atoms with Crippen LogP contribution in [0.2, 0.25) is 0 Å². The summed E-state index contributed by atoms with van der Waals surface area (Å²) in [5.74, 6) is 0.0161. The van der Waals surface area contributed by atoms with Crippen LogP contribution in [0.1, 0.15) is 15.9 Å². The highest BCUT2D eigenvalue weighted by molar-refractivity contribution is 6.04. The van der Waals surface area contributed by atoms with Crippen molar-refractivity contribution in [3.05, 3.63) is 78.2 Å². The van der Waals surface area contributed by atoms with Crippen molar-refractivity contribution < 1.29 is 14.3 Å². The molecule has 3 heterocycles. The Kier molecular flexibility index (Phi) is 4.89. The summed E-state index contributed by atoms with van der Waals surface area (Å²) in [6, 6.07) is 14.9. The van der Waals surface area contributed by atoms with Crippen LogP contribution in [0, 0.1) is 0 Å². The summed E-state index contributed by atoms with van der Waals surface area (Å²) in [6.45, 7) is 0.612. The zero-order chi connectivity index (χ0) is 22.2. The van der Waals surface area contributed by atoms with E-state index in [0.29, 0.717) is 23.5 Å². The molecular weight excluding hydrogens is 406 g/mol. The highest BCUT2D eigenvalue weighted by Gasteiger charge is 2.31. The van der Waals surface area contributed by atoms with Crippen molar-refractivity contribution >= 4 is 28.4 Å². The number of aryl methyl sites for hydroxylation is 1. The highest BCUT2D eigenvalue weighted by atomic mass is 16.5. The number of rotatable bonds is 4. The Bertz CT molecular complexity index is 1310. The van der Waals surface area contributed by atoms with Gasteiger partial charge < -0.3 is 19.5 Å². The second kappa shape index (κ2) is 7.88. The van der Waals surface area contributed by atoms with Gasteiger partial charge in [-0.15, -0.1) is 0 Å². The average molecular weight is 429 g/mol. The van der Waals surface area contributed by atoms with Gasteiger partial charge in [0.25, 0.3) is 11.8 Å². The normalized spacial score (nSPS) is 15.9. The van der Waals surface area contributed by atoms with Crippen LogP contribution >= 0.6 is 0 Å². The second-order valence-corrected chi connectivity index (χ2v) is 7.95. The van der Waals surface area contributed by atoms with Crippen LogP contribution in [0.5, 0.6) is 5.75 Å². The number of amides is 2. The molecule has 2 amide bonds. The number of nitrogens with one attached hydrogen (secondary N) is 1. The molecule has 1 aliphatic rings. The Hall–Kier alpha value is -4.07. The predicted molar refractivity (Wildman–Crippen MR) is 121 cm³/mol.